The van der Waals surface area contributed by atoms with Crippen molar-refractivity contribution in [1.82, 2.24) is 0 Å². The molecule has 0 atom stereocenters. The molecular formula is C38H40N6. The summed E-state index contributed by atoms with van der Waals surface area (Å²) in [5.41, 5.74) is 10.3. The van der Waals surface area contributed by atoms with Crippen molar-refractivity contribution in [2.45, 2.75) is 27.7 Å². The van der Waals surface area contributed by atoms with Gasteiger partial charge in [0.25, 0.3) is 0 Å². The van der Waals surface area contributed by atoms with Crippen molar-refractivity contribution < 1.29 is 0 Å². The van der Waals surface area contributed by atoms with Crippen molar-refractivity contribution in [3.05, 3.63) is 121 Å². The topological polar surface area (TPSA) is 55.9 Å². The van der Waals surface area contributed by atoms with Crippen molar-refractivity contribution in [3.63, 3.8) is 0 Å². The predicted octanol–water partition coefficient (Wildman–Crippen LogP) is 11.5. The third-order valence-corrected chi connectivity index (χ3v) is 7.80. The molecule has 0 aliphatic heterocycles. The van der Waals surface area contributed by atoms with Crippen molar-refractivity contribution in [3.8, 4) is 22.3 Å². The van der Waals surface area contributed by atoms with Gasteiger partial charge in [0.2, 0.25) is 0 Å². The average Bonchev–Trinajstić information content (AvgIpc) is 3.09. The number of hydrogen-bond acceptors (Lipinski definition) is 6. The number of nitrogens with zero attached hydrogens (tertiary/aromatic N) is 6. The van der Waals surface area contributed by atoms with Crippen LogP contribution in [-0.4, -0.2) is 26.2 Å². The molecule has 5 aromatic carbocycles. The zero-order chi connectivity index (χ0) is 30.7. The molecule has 44 heavy (non-hydrogen) atoms. The van der Waals surface area contributed by atoms with E-state index in [0.29, 0.717) is 0 Å². The van der Waals surface area contributed by atoms with E-state index in [-0.39, 0.29) is 0 Å². The quantitative estimate of drug-likeness (QED) is 0.138. The molecular weight excluding hydrogens is 540 g/mol. The second-order valence-corrected chi connectivity index (χ2v) is 10.4. The molecule has 0 spiro atoms. The number of azo groups is 2. The third-order valence-electron chi connectivity index (χ3n) is 7.80. The molecule has 0 N–H and O–H groups in total. The van der Waals surface area contributed by atoms with Gasteiger partial charge in [-0.05, 0) is 123 Å². The molecule has 0 fully saturated rings. The van der Waals surface area contributed by atoms with Crippen LogP contribution in [0, 0.1) is 0 Å². The first kappa shape index (κ1) is 30.4. The van der Waals surface area contributed by atoms with Crippen molar-refractivity contribution in [2.24, 2.45) is 20.5 Å². The number of hydrogen-bond donors (Lipinski definition) is 0. The fraction of sp³-hybridized carbons (Fsp3) is 0.211. The Labute approximate surface area is 261 Å². The van der Waals surface area contributed by atoms with Gasteiger partial charge in [-0.25, -0.2) is 0 Å². The molecule has 5 rings (SSSR count). The van der Waals surface area contributed by atoms with E-state index in [9.17, 15) is 0 Å². The monoisotopic (exact) mass is 580 g/mol. The van der Waals surface area contributed by atoms with Gasteiger partial charge in [0.1, 0.15) is 0 Å². The SMILES string of the molecule is CCN(CC)c1ccc(N=Nc2ccc(-c3ccc(-c4ccc(N=Nc5ccc(N(CC)CC)cc5)cc4)cc3)cc2)cc1. The minimum Gasteiger partial charge on any atom is -0.372 e. The second-order valence-electron chi connectivity index (χ2n) is 10.4. The maximum Gasteiger partial charge on any atom is 0.0858 e. The van der Waals surface area contributed by atoms with Crippen LogP contribution in [0.2, 0.25) is 0 Å². The lowest BCUT2D eigenvalue weighted by Crippen LogP contribution is -2.21. The van der Waals surface area contributed by atoms with E-state index < -0.39 is 0 Å². The standard InChI is InChI=1S/C38H40N6/c1-5-43(6-2)37-25-21-35(22-26-37)41-39-33-17-13-31(14-18-33)29-9-11-30(12-10-29)32-15-19-34(20-16-32)40-42-36-23-27-38(28-24-36)44(7-3)8-4/h9-28H,5-8H2,1-4H3. The molecule has 0 aromatic heterocycles. The van der Waals surface area contributed by atoms with E-state index in [1.807, 2.05) is 48.5 Å². The van der Waals surface area contributed by atoms with Gasteiger partial charge >= 0.3 is 0 Å². The van der Waals surface area contributed by atoms with E-state index in [1.165, 1.54) is 11.4 Å². The highest BCUT2D eigenvalue weighted by Gasteiger charge is 2.04. The van der Waals surface area contributed by atoms with E-state index in [2.05, 4.69) is 131 Å². The Kier molecular flexibility index (Phi) is 10.3. The summed E-state index contributed by atoms with van der Waals surface area (Å²) in [6, 6.07) is 41.4. The van der Waals surface area contributed by atoms with Gasteiger partial charge in [0.05, 0.1) is 22.7 Å². The minimum absolute atomic E-state index is 0.826. The van der Waals surface area contributed by atoms with Crippen LogP contribution in [-0.2, 0) is 0 Å². The molecule has 0 saturated carbocycles. The Bertz CT molecular complexity index is 1520. The molecule has 0 saturated heterocycles. The first-order valence-corrected chi connectivity index (χ1v) is 15.4. The van der Waals surface area contributed by atoms with Crippen LogP contribution < -0.4 is 9.80 Å². The molecule has 0 amide bonds. The largest absolute Gasteiger partial charge is 0.372 e. The first-order chi connectivity index (χ1) is 21.6. The van der Waals surface area contributed by atoms with Gasteiger partial charge in [0, 0.05) is 37.6 Å². The highest BCUT2D eigenvalue weighted by molar-refractivity contribution is 5.72. The zero-order valence-electron chi connectivity index (χ0n) is 26.1. The van der Waals surface area contributed by atoms with Crippen molar-refractivity contribution in [2.75, 3.05) is 36.0 Å². The lowest BCUT2D eigenvalue weighted by molar-refractivity contribution is 0.866. The van der Waals surface area contributed by atoms with Gasteiger partial charge in [-0.1, -0.05) is 48.5 Å². The van der Waals surface area contributed by atoms with Crippen LogP contribution in [0.3, 0.4) is 0 Å². The van der Waals surface area contributed by atoms with Crippen molar-refractivity contribution in [1.29, 1.82) is 0 Å². The summed E-state index contributed by atoms with van der Waals surface area (Å²) in [7, 11) is 0. The van der Waals surface area contributed by atoms with E-state index in [1.54, 1.807) is 0 Å². The number of anilines is 2. The van der Waals surface area contributed by atoms with Crippen LogP contribution in [0.1, 0.15) is 27.7 Å². The van der Waals surface area contributed by atoms with E-state index in [0.717, 1.165) is 71.2 Å². The van der Waals surface area contributed by atoms with Gasteiger partial charge in [-0.15, -0.1) is 0 Å². The highest BCUT2D eigenvalue weighted by atomic mass is 15.1. The smallest absolute Gasteiger partial charge is 0.0858 e. The van der Waals surface area contributed by atoms with Gasteiger partial charge < -0.3 is 9.80 Å². The van der Waals surface area contributed by atoms with Crippen LogP contribution in [0.25, 0.3) is 22.3 Å². The normalized spacial score (nSPS) is 11.4. The molecule has 0 unspecified atom stereocenters. The molecule has 0 radical (unpaired) electrons. The van der Waals surface area contributed by atoms with Crippen LogP contribution in [0.15, 0.2) is 142 Å². The van der Waals surface area contributed by atoms with Gasteiger partial charge in [0.15, 0.2) is 0 Å². The summed E-state index contributed by atoms with van der Waals surface area (Å²) in [6.45, 7) is 12.6. The van der Waals surface area contributed by atoms with E-state index in [4.69, 9.17) is 0 Å². The summed E-state index contributed by atoms with van der Waals surface area (Å²) in [5, 5.41) is 17.7. The fourth-order valence-corrected chi connectivity index (χ4v) is 5.16. The molecule has 0 heterocycles. The Morgan fingerprint density at radius 1 is 0.318 bits per heavy atom. The lowest BCUT2D eigenvalue weighted by atomic mass is 10.00. The van der Waals surface area contributed by atoms with Crippen LogP contribution >= 0.6 is 0 Å². The maximum absolute atomic E-state index is 4.43. The van der Waals surface area contributed by atoms with Crippen LogP contribution in [0.5, 0.6) is 0 Å². The Morgan fingerprint density at radius 3 is 0.750 bits per heavy atom. The lowest BCUT2D eigenvalue weighted by Gasteiger charge is -2.20. The zero-order valence-corrected chi connectivity index (χ0v) is 26.1. The minimum atomic E-state index is 0.826. The first-order valence-electron chi connectivity index (χ1n) is 15.4. The highest BCUT2D eigenvalue weighted by Crippen LogP contribution is 2.29. The Hall–Kier alpha value is -5.10. The molecule has 0 bridgehead atoms. The van der Waals surface area contributed by atoms with Crippen LogP contribution in [0.4, 0.5) is 34.1 Å². The number of rotatable bonds is 12. The van der Waals surface area contributed by atoms with E-state index >= 15 is 0 Å². The summed E-state index contributed by atoms with van der Waals surface area (Å²) in [4.78, 5) is 4.62. The number of benzene rings is 5. The average molecular weight is 581 g/mol. The molecule has 6 heteroatoms. The summed E-state index contributed by atoms with van der Waals surface area (Å²) in [5.74, 6) is 0. The molecule has 6 nitrogen and oxygen atoms in total. The molecule has 222 valence electrons. The summed E-state index contributed by atoms with van der Waals surface area (Å²) >= 11 is 0. The van der Waals surface area contributed by atoms with Gasteiger partial charge in [-0.3, -0.25) is 0 Å². The molecule has 5 aromatic rings. The van der Waals surface area contributed by atoms with Crippen molar-refractivity contribution >= 4 is 34.1 Å². The summed E-state index contributed by atoms with van der Waals surface area (Å²) in [6.07, 6.45) is 0. The Morgan fingerprint density at radius 2 is 0.523 bits per heavy atom. The Balaban J connectivity index is 1.18. The van der Waals surface area contributed by atoms with Gasteiger partial charge in [-0.2, -0.15) is 20.5 Å². The molecule has 0 aliphatic rings. The second kappa shape index (κ2) is 14.9. The molecule has 0 aliphatic carbocycles. The maximum atomic E-state index is 4.43. The predicted molar refractivity (Wildman–Crippen MR) is 186 cm³/mol. The fourth-order valence-electron chi connectivity index (χ4n) is 5.16. The third kappa shape index (κ3) is 7.64. The summed E-state index contributed by atoms with van der Waals surface area (Å²) < 4.78 is 0.